The van der Waals surface area contributed by atoms with Crippen LogP contribution in [0.3, 0.4) is 0 Å². The van der Waals surface area contributed by atoms with E-state index in [9.17, 15) is 27.9 Å². The van der Waals surface area contributed by atoms with Gasteiger partial charge in [-0.05, 0) is 43.4 Å². The van der Waals surface area contributed by atoms with E-state index in [1.807, 2.05) is 31.2 Å². The molecule has 1 unspecified atom stereocenters. The van der Waals surface area contributed by atoms with Crippen LogP contribution >= 0.6 is 0 Å². The number of ether oxygens (including phenoxy) is 1. The Hall–Kier alpha value is -3.75. The molecule has 1 atom stereocenters. The predicted octanol–water partition coefficient (Wildman–Crippen LogP) is 9.86. The Morgan fingerprint density at radius 3 is 1.95 bits per heavy atom. The van der Waals surface area contributed by atoms with Gasteiger partial charge in [0.15, 0.2) is 11.9 Å². The van der Waals surface area contributed by atoms with Crippen LogP contribution in [-0.2, 0) is 11.2 Å². The minimum atomic E-state index is -4.67. The molecule has 0 spiro atoms. The number of unbranched alkanes of at least 4 members (excludes halogenated alkanes) is 9. The second-order valence-electron chi connectivity index (χ2n) is 11.2. The number of esters is 1. The summed E-state index contributed by atoms with van der Waals surface area (Å²) < 4.78 is 45.3. The van der Waals surface area contributed by atoms with E-state index in [4.69, 9.17) is 4.74 Å². The van der Waals surface area contributed by atoms with Gasteiger partial charge in [-0.2, -0.15) is 13.2 Å². The zero-order valence-electron chi connectivity index (χ0n) is 25.7. The maximum Gasteiger partial charge on any atom is 0.425 e. The van der Waals surface area contributed by atoms with Gasteiger partial charge < -0.3 is 9.84 Å². The van der Waals surface area contributed by atoms with Crippen LogP contribution in [0, 0.1) is 0 Å². The number of alkyl halides is 3. The Bertz CT molecular complexity index is 1330. The van der Waals surface area contributed by atoms with Gasteiger partial charge in [0.25, 0.3) is 0 Å². The lowest BCUT2D eigenvalue weighted by atomic mass is 10.0. The van der Waals surface area contributed by atoms with Gasteiger partial charge in [0.05, 0.1) is 11.3 Å². The number of carboxylic acid groups (broad SMARTS) is 1. The molecule has 6 nitrogen and oxygen atoms in total. The first-order valence-corrected chi connectivity index (χ1v) is 15.7. The number of hydrogen-bond acceptors (Lipinski definition) is 5. The summed E-state index contributed by atoms with van der Waals surface area (Å²) in [6, 6.07) is 13.4. The van der Waals surface area contributed by atoms with Crippen LogP contribution in [-0.4, -0.2) is 39.3 Å². The van der Waals surface area contributed by atoms with Gasteiger partial charge in [0, 0.05) is 17.3 Å². The summed E-state index contributed by atoms with van der Waals surface area (Å²) in [5.41, 5.74) is 2.25. The number of rotatable bonds is 18. The average molecular weight is 613 g/mol. The van der Waals surface area contributed by atoms with E-state index in [2.05, 4.69) is 16.9 Å². The van der Waals surface area contributed by atoms with Crippen molar-refractivity contribution in [1.29, 1.82) is 0 Å². The zero-order chi connectivity index (χ0) is 32.0. The van der Waals surface area contributed by atoms with Gasteiger partial charge in [0.2, 0.25) is 0 Å². The lowest BCUT2D eigenvalue weighted by molar-refractivity contribution is -0.206. The molecule has 0 bridgehead atoms. The third kappa shape index (κ3) is 10.8. The van der Waals surface area contributed by atoms with Crippen molar-refractivity contribution in [1.82, 2.24) is 9.97 Å². The fourth-order valence-corrected chi connectivity index (χ4v) is 5.01. The second-order valence-corrected chi connectivity index (χ2v) is 11.2. The Labute approximate surface area is 258 Å². The van der Waals surface area contributed by atoms with E-state index in [0.717, 1.165) is 31.2 Å². The highest BCUT2D eigenvalue weighted by atomic mass is 19.4. The van der Waals surface area contributed by atoms with Crippen LogP contribution in [0.5, 0.6) is 0 Å². The van der Waals surface area contributed by atoms with Crippen LogP contribution in [0.15, 0.2) is 54.7 Å². The maximum atomic E-state index is 13.5. The molecule has 44 heavy (non-hydrogen) atoms. The van der Waals surface area contributed by atoms with Crippen molar-refractivity contribution in [2.24, 2.45) is 0 Å². The molecule has 0 aliphatic carbocycles. The topological polar surface area (TPSA) is 89.4 Å². The smallest absolute Gasteiger partial charge is 0.425 e. The van der Waals surface area contributed by atoms with Gasteiger partial charge >= 0.3 is 18.1 Å². The van der Waals surface area contributed by atoms with Crippen LogP contribution < -0.4 is 0 Å². The molecule has 0 saturated heterocycles. The quantitative estimate of drug-likeness (QED) is 0.114. The zero-order valence-corrected chi connectivity index (χ0v) is 25.7. The number of aromatic carboxylic acids is 1. The summed E-state index contributed by atoms with van der Waals surface area (Å²) in [5, 5.41) is 9.75. The van der Waals surface area contributed by atoms with Gasteiger partial charge in [-0.1, -0.05) is 108 Å². The lowest BCUT2D eigenvalue weighted by Gasteiger charge is -2.20. The van der Waals surface area contributed by atoms with Crippen LogP contribution in [0.4, 0.5) is 13.2 Å². The molecular weight excluding hydrogens is 569 g/mol. The minimum absolute atomic E-state index is 0.0701. The van der Waals surface area contributed by atoms with Gasteiger partial charge in [0.1, 0.15) is 5.56 Å². The number of hydrogen-bond donors (Lipinski definition) is 1. The highest BCUT2D eigenvalue weighted by Gasteiger charge is 2.42. The summed E-state index contributed by atoms with van der Waals surface area (Å²) >= 11 is 0. The number of benzene rings is 2. The molecule has 0 aliphatic rings. The maximum absolute atomic E-state index is 13.5. The Balaban J connectivity index is 1.71. The molecule has 9 heteroatoms. The van der Waals surface area contributed by atoms with E-state index in [-0.39, 0.29) is 23.2 Å². The Kier molecular flexibility index (Phi) is 13.8. The Morgan fingerprint density at radius 1 is 0.795 bits per heavy atom. The van der Waals surface area contributed by atoms with Gasteiger partial charge in [-0.15, -0.1) is 0 Å². The number of aromatic nitrogens is 2. The molecule has 1 N–H and O–H groups in total. The van der Waals surface area contributed by atoms with Gasteiger partial charge in [-0.3, -0.25) is 0 Å². The summed E-state index contributed by atoms with van der Waals surface area (Å²) in [4.78, 5) is 33.3. The first-order valence-electron chi connectivity index (χ1n) is 15.7. The van der Waals surface area contributed by atoms with Crippen molar-refractivity contribution < 1.29 is 32.6 Å². The first kappa shape index (κ1) is 34.7. The van der Waals surface area contributed by atoms with Crippen molar-refractivity contribution in [2.45, 2.75) is 110 Å². The Morgan fingerprint density at radius 2 is 1.36 bits per heavy atom. The highest BCUT2D eigenvalue weighted by Crippen LogP contribution is 2.29. The SMILES string of the molecule is CCCCCCCCCc1ccc(-c2ncc(C(=O)O)c(-c3ccc(C(=O)OC(CCCCCC)C(F)(F)F)cc3)n2)cc1. The van der Waals surface area contributed by atoms with Crippen LogP contribution in [0.1, 0.15) is 117 Å². The average Bonchev–Trinajstić information content (AvgIpc) is 3.01. The summed E-state index contributed by atoms with van der Waals surface area (Å²) in [5.74, 6) is -1.98. The van der Waals surface area contributed by atoms with Crippen molar-refractivity contribution >= 4 is 11.9 Å². The number of nitrogens with zero attached hydrogens (tertiary/aromatic N) is 2. The third-order valence-corrected chi connectivity index (χ3v) is 7.63. The first-order chi connectivity index (χ1) is 21.1. The molecule has 0 saturated carbocycles. The molecule has 1 heterocycles. The second kappa shape index (κ2) is 17.5. The molecule has 0 amide bonds. The summed E-state index contributed by atoms with van der Waals surface area (Å²) in [7, 11) is 0. The van der Waals surface area contributed by atoms with Crippen molar-refractivity contribution in [3.8, 4) is 22.6 Å². The summed E-state index contributed by atoms with van der Waals surface area (Å²) in [6.07, 6.45) is 6.40. The van der Waals surface area contributed by atoms with E-state index >= 15 is 0 Å². The molecule has 0 aliphatic heterocycles. The van der Waals surface area contributed by atoms with Gasteiger partial charge in [-0.25, -0.2) is 19.6 Å². The molecule has 2 aromatic carbocycles. The fraction of sp³-hybridized carbons (Fsp3) is 0.486. The molecular formula is C35H43F3N2O4. The molecule has 3 rings (SSSR count). The van der Waals surface area contributed by atoms with Crippen LogP contribution in [0.25, 0.3) is 22.6 Å². The molecule has 1 aromatic heterocycles. The lowest BCUT2D eigenvalue weighted by Crippen LogP contribution is -2.33. The predicted molar refractivity (Wildman–Crippen MR) is 166 cm³/mol. The molecule has 0 fully saturated rings. The van der Waals surface area contributed by atoms with Crippen LogP contribution in [0.2, 0.25) is 0 Å². The van der Waals surface area contributed by atoms with E-state index in [1.165, 1.54) is 74.6 Å². The standard InChI is InChI=1S/C35H43F3N2O4/c1-3-5-7-9-10-11-12-14-25-16-18-27(19-17-25)32-39-24-29(33(41)42)31(40-32)26-20-22-28(23-21-26)34(43)44-30(35(36,37)38)15-13-8-6-4-2/h16-24,30H,3-15H2,1-2H3,(H,41,42). The van der Waals surface area contributed by atoms with Crippen molar-refractivity contribution in [3.63, 3.8) is 0 Å². The van der Waals surface area contributed by atoms with E-state index in [1.54, 1.807) is 0 Å². The largest absolute Gasteiger partial charge is 0.478 e. The monoisotopic (exact) mass is 612 g/mol. The molecule has 3 aromatic rings. The fourth-order valence-electron chi connectivity index (χ4n) is 5.01. The van der Waals surface area contributed by atoms with Crippen molar-refractivity contribution in [2.75, 3.05) is 0 Å². The number of carbonyl (C=O) groups excluding carboxylic acids is 1. The minimum Gasteiger partial charge on any atom is -0.478 e. The molecule has 0 radical (unpaired) electrons. The summed E-state index contributed by atoms with van der Waals surface area (Å²) in [6.45, 7) is 4.17. The number of halogens is 3. The number of carbonyl (C=O) groups is 2. The van der Waals surface area contributed by atoms with E-state index < -0.39 is 24.2 Å². The number of aryl methyl sites for hydroxylation is 1. The van der Waals surface area contributed by atoms with E-state index in [0.29, 0.717) is 24.2 Å². The third-order valence-electron chi connectivity index (χ3n) is 7.63. The normalized spacial score (nSPS) is 12.2. The molecule has 238 valence electrons. The van der Waals surface area contributed by atoms with Crippen molar-refractivity contribution in [3.05, 3.63) is 71.4 Å². The number of carboxylic acids is 1. The highest BCUT2D eigenvalue weighted by molar-refractivity contribution is 5.95.